The summed E-state index contributed by atoms with van der Waals surface area (Å²) in [6, 6.07) is 57.5. The van der Waals surface area contributed by atoms with Gasteiger partial charge in [-0.3, -0.25) is 0 Å². The van der Waals surface area contributed by atoms with Gasteiger partial charge in [0.2, 0.25) is 0 Å². The van der Waals surface area contributed by atoms with Crippen LogP contribution in [0.1, 0.15) is 30.9 Å². The van der Waals surface area contributed by atoms with Gasteiger partial charge in [-0.25, -0.2) is 15.0 Å². The minimum Gasteiger partial charge on any atom is -0.456 e. The second-order valence-corrected chi connectivity index (χ2v) is 14.6. The molecule has 0 saturated heterocycles. The maximum atomic E-state index is 6.47. The van der Waals surface area contributed by atoms with Crippen molar-refractivity contribution in [2.24, 2.45) is 5.92 Å². The van der Waals surface area contributed by atoms with Crippen LogP contribution in [0.3, 0.4) is 0 Å². The van der Waals surface area contributed by atoms with Crippen LogP contribution in [0, 0.1) is 5.92 Å². The molecular formula is C50H37N3O. The van der Waals surface area contributed by atoms with E-state index in [1.54, 1.807) is 0 Å². The molecule has 0 amide bonds. The minimum absolute atomic E-state index is 0.404. The molecule has 1 unspecified atom stereocenters. The molecule has 4 heteroatoms. The molecule has 0 bridgehead atoms. The van der Waals surface area contributed by atoms with Gasteiger partial charge in [0.1, 0.15) is 11.2 Å². The Hall–Kier alpha value is -6.65. The first-order chi connectivity index (χ1) is 26.6. The topological polar surface area (TPSA) is 51.8 Å². The fourth-order valence-electron chi connectivity index (χ4n) is 8.38. The van der Waals surface area contributed by atoms with Crippen LogP contribution in [-0.4, -0.2) is 15.0 Å². The van der Waals surface area contributed by atoms with Crippen molar-refractivity contribution in [2.75, 3.05) is 0 Å². The fourth-order valence-corrected chi connectivity index (χ4v) is 8.38. The van der Waals surface area contributed by atoms with Crippen LogP contribution < -0.4 is 0 Å². The Balaban J connectivity index is 1.32. The standard InChI is InChI=1S/C50H37N3O/c1-31(2)41-30-36-28-35(32-16-6-3-7-17-32)29-42(45(36)39-23-13-12-22-38(39)41)49-51-48(34-20-10-5-11-21-34)52-50(53-49)47-37(33-18-8-4-9-19-33)26-27-44-46(47)40-24-14-15-25-43(40)54-44/h3-29,31,41H,30H2,1-2H3. The van der Waals surface area contributed by atoms with E-state index >= 15 is 0 Å². The highest BCUT2D eigenvalue weighted by Gasteiger charge is 2.31. The van der Waals surface area contributed by atoms with E-state index < -0.39 is 0 Å². The molecule has 7 aromatic carbocycles. The molecular weight excluding hydrogens is 659 g/mol. The molecule has 1 aliphatic carbocycles. The number of para-hydroxylation sites is 1. The van der Waals surface area contributed by atoms with Crippen molar-refractivity contribution in [3.8, 4) is 67.5 Å². The van der Waals surface area contributed by atoms with Gasteiger partial charge in [-0.15, -0.1) is 0 Å². The first-order valence-electron chi connectivity index (χ1n) is 18.7. The van der Waals surface area contributed by atoms with Gasteiger partial charge in [-0.05, 0) is 87.0 Å². The van der Waals surface area contributed by atoms with Crippen LogP contribution in [0.2, 0.25) is 0 Å². The maximum absolute atomic E-state index is 6.47. The molecule has 1 atom stereocenters. The normalized spacial score (nSPS) is 13.6. The van der Waals surface area contributed by atoms with E-state index in [4.69, 9.17) is 19.4 Å². The van der Waals surface area contributed by atoms with Crippen LogP contribution in [-0.2, 0) is 6.42 Å². The zero-order valence-electron chi connectivity index (χ0n) is 30.2. The van der Waals surface area contributed by atoms with Crippen molar-refractivity contribution < 1.29 is 4.42 Å². The van der Waals surface area contributed by atoms with Crippen molar-refractivity contribution in [3.05, 3.63) is 175 Å². The first kappa shape index (κ1) is 32.0. The van der Waals surface area contributed by atoms with Gasteiger partial charge in [0.25, 0.3) is 0 Å². The van der Waals surface area contributed by atoms with E-state index in [0.717, 1.165) is 61.7 Å². The Morgan fingerprint density at radius 1 is 0.481 bits per heavy atom. The molecule has 4 nitrogen and oxygen atoms in total. The van der Waals surface area contributed by atoms with Crippen LogP contribution in [0.25, 0.3) is 89.5 Å². The van der Waals surface area contributed by atoms with Gasteiger partial charge in [-0.1, -0.05) is 153 Å². The molecule has 54 heavy (non-hydrogen) atoms. The highest BCUT2D eigenvalue weighted by atomic mass is 16.3. The summed E-state index contributed by atoms with van der Waals surface area (Å²) in [5.41, 5.74) is 14.1. The zero-order valence-corrected chi connectivity index (χ0v) is 30.2. The number of aromatic nitrogens is 3. The molecule has 0 fully saturated rings. The molecule has 9 aromatic rings. The van der Waals surface area contributed by atoms with Gasteiger partial charge in [0.05, 0.1) is 0 Å². The summed E-state index contributed by atoms with van der Waals surface area (Å²) >= 11 is 0. The summed E-state index contributed by atoms with van der Waals surface area (Å²) in [5.74, 6) is 2.77. The van der Waals surface area contributed by atoms with Gasteiger partial charge in [-0.2, -0.15) is 0 Å². The minimum atomic E-state index is 0.404. The van der Waals surface area contributed by atoms with Crippen molar-refractivity contribution in [1.29, 1.82) is 0 Å². The number of rotatable bonds is 6. The monoisotopic (exact) mass is 695 g/mol. The molecule has 0 radical (unpaired) electrons. The Bertz CT molecular complexity index is 2820. The average molecular weight is 696 g/mol. The summed E-state index contributed by atoms with van der Waals surface area (Å²) in [4.78, 5) is 16.2. The largest absolute Gasteiger partial charge is 0.456 e. The fraction of sp³-hybridized carbons (Fsp3) is 0.100. The molecule has 258 valence electrons. The Morgan fingerprint density at radius 2 is 1.11 bits per heavy atom. The number of hydrogen-bond donors (Lipinski definition) is 0. The molecule has 0 saturated carbocycles. The highest BCUT2D eigenvalue weighted by Crippen LogP contribution is 2.49. The predicted molar refractivity (Wildman–Crippen MR) is 221 cm³/mol. The van der Waals surface area contributed by atoms with Crippen molar-refractivity contribution >= 4 is 21.9 Å². The summed E-state index contributed by atoms with van der Waals surface area (Å²) < 4.78 is 6.47. The van der Waals surface area contributed by atoms with Crippen LogP contribution in [0.5, 0.6) is 0 Å². The van der Waals surface area contributed by atoms with E-state index in [1.807, 2.05) is 36.4 Å². The molecule has 10 rings (SSSR count). The Morgan fingerprint density at radius 3 is 1.87 bits per heavy atom. The molecule has 0 N–H and O–H groups in total. The van der Waals surface area contributed by atoms with Gasteiger partial charge < -0.3 is 4.42 Å². The predicted octanol–water partition coefficient (Wildman–Crippen LogP) is 13.1. The number of fused-ring (bicyclic) bond motifs is 6. The number of furan rings is 1. The maximum Gasteiger partial charge on any atom is 0.165 e. The zero-order chi connectivity index (χ0) is 36.2. The number of nitrogens with zero attached hydrogens (tertiary/aromatic N) is 3. The third kappa shape index (κ3) is 5.41. The van der Waals surface area contributed by atoms with Gasteiger partial charge in [0, 0.05) is 27.5 Å². The van der Waals surface area contributed by atoms with E-state index in [9.17, 15) is 0 Å². The van der Waals surface area contributed by atoms with Crippen LogP contribution in [0.15, 0.2) is 168 Å². The molecule has 2 aromatic heterocycles. The molecule has 1 aliphatic rings. The summed E-state index contributed by atoms with van der Waals surface area (Å²) in [7, 11) is 0. The molecule has 0 aliphatic heterocycles. The van der Waals surface area contributed by atoms with Crippen LogP contribution in [0.4, 0.5) is 0 Å². The lowest BCUT2D eigenvalue weighted by atomic mass is 9.72. The molecule has 2 heterocycles. The Labute approximate surface area is 314 Å². The van der Waals surface area contributed by atoms with Crippen molar-refractivity contribution in [1.82, 2.24) is 15.0 Å². The van der Waals surface area contributed by atoms with E-state index in [2.05, 4.69) is 141 Å². The smallest absolute Gasteiger partial charge is 0.165 e. The van der Waals surface area contributed by atoms with Crippen molar-refractivity contribution in [2.45, 2.75) is 26.2 Å². The molecule has 0 spiro atoms. The quantitative estimate of drug-likeness (QED) is 0.174. The third-order valence-corrected chi connectivity index (χ3v) is 11.0. The lowest BCUT2D eigenvalue weighted by Gasteiger charge is -2.32. The lowest BCUT2D eigenvalue weighted by Crippen LogP contribution is -2.17. The van der Waals surface area contributed by atoms with E-state index in [-0.39, 0.29) is 0 Å². The second-order valence-electron chi connectivity index (χ2n) is 14.6. The van der Waals surface area contributed by atoms with E-state index in [1.165, 1.54) is 27.8 Å². The first-order valence-corrected chi connectivity index (χ1v) is 18.7. The summed E-state index contributed by atoms with van der Waals surface area (Å²) in [6.45, 7) is 4.67. The average Bonchev–Trinajstić information content (AvgIpc) is 3.62. The number of hydrogen-bond acceptors (Lipinski definition) is 4. The second kappa shape index (κ2) is 13.1. The SMILES string of the molecule is CC(C)C1Cc2cc(-c3ccccc3)cc(-c3nc(-c4ccccc4)nc(-c4c(-c5ccccc5)ccc5oc6ccccc6c45)n3)c2-c2ccccc21. The Kier molecular flexibility index (Phi) is 7.76. The van der Waals surface area contributed by atoms with Crippen molar-refractivity contribution in [3.63, 3.8) is 0 Å². The highest BCUT2D eigenvalue weighted by molar-refractivity contribution is 6.15. The van der Waals surface area contributed by atoms with Gasteiger partial charge in [0.15, 0.2) is 17.5 Å². The third-order valence-electron chi connectivity index (χ3n) is 11.0. The van der Waals surface area contributed by atoms with E-state index in [0.29, 0.717) is 29.3 Å². The number of benzene rings is 7. The van der Waals surface area contributed by atoms with Crippen LogP contribution >= 0.6 is 0 Å². The summed E-state index contributed by atoms with van der Waals surface area (Å²) in [6.07, 6.45) is 0.944. The summed E-state index contributed by atoms with van der Waals surface area (Å²) in [5, 5.41) is 2.02. The lowest BCUT2D eigenvalue weighted by molar-refractivity contribution is 0.492. The van der Waals surface area contributed by atoms with Gasteiger partial charge >= 0.3 is 0 Å².